The van der Waals surface area contributed by atoms with Gasteiger partial charge >= 0.3 is 0 Å². The molecule has 0 bridgehead atoms. The summed E-state index contributed by atoms with van der Waals surface area (Å²) in [6, 6.07) is 3.60. The molecule has 1 rings (SSSR count). The van der Waals surface area contributed by atoms with Crippen LogP contribution in [-0.2, 0) is 4.84 Å². The first kappa shape index (κ1) is 9.18. The van der Waals surface area contributed by atoms with Crippen LogP contribution in [0.4, 0.5) is 0 Å². The molecule has 1 aromatic rings. The van der Waals surface area contributed by atoms with Crippen LogP contribution in [0.5, 0.6) is 0 Å². The Morgan fingerprint density at radius 1 is 1.75 bits per heavy atom. The lowest BCUT2D eigenvalue weighted by Gasteiger charge is -2.00. The zero-order chi connectivity index (χ0) is 8.81. The minimum absolute atomic E-state index is 0.0814. The first-order valence-electron chi connectivity index (χ1n) is 3.48. The highest BCUT2D eigenvalue weighted by Crippen LogP contribution is 2.07. The molecule has 5 heteroatoms. The van der Waals surface area contributed by atoms with Gasteiger partial charge in [0.05, 0.1) is 11.5 Å². The van der Waals surface area contributed by atoms with Gasteiger partial charge in [0.1, 0.15) is 0 Å². The maximum absolute atomic E-state index is 11.2. The summed E-state index contributed by atoms with van der Waals surface area (Å²) in [4.78, 5) is 16.2. The number of nitrogens with one attached hydrogen (secondary N) is 1. The van der Waals surface area contributed by atoms with E-state index < -0.39 is 0 Å². The average Bonchev–Trinajstić information content (AvgIpc) is 2.56. The van der Waals surface area contributed by atoms with E-state index in [0.29, 0.717) is 18.0 Å². The lowest BCUT2D eigenvalue weighted by molar-refractivity contribution is 0.0921. The summed E-state index contributed by atoms with van der Waals surface area (Å²) in [7, 11) is 0. The molecule has 0 fully saturated rings. The Hall–Kier alpha value is -0.910. The fourth-order valence-electron chi connectivity index (χ4n) is 0.718. The molecule has 1 heterocycles. The third-order valence-electron chi connectivity index (χ3n) is 1.25. The van der Waals surface area contributed by atoms with E-state index in [1.54, 1.807) is 6.07 Å². The van der Waals surface area contributed by atoms with Crippen molar-refractivity contribution in [1.29, 1.82) is 0 Å². The van der Waals surface area contributed by atoms with Crippen LogP contribution >= 0.6 is 11.3 Å². The Morgan fingerprint density at radius 2 is 2.58 bits per heavy atom. The summed E-state index contributed by atoms with van der Waals surface area (Å²) in [6.45, 7) is 0.768. The van der Waals surface area contributed by atoms with Crippen LogP contribution in [0.1, 0.15) is 9.67 Å². The van der Waals surface area contributed by atoms with Crippen molar-refractivity contribution in [2.24, 2.45) is 5.90 Å². The van der Waals surface area contributed by atoms with E-state index in [9.17, 15) is 4.79 Å². The summed E-state index contributed by atoms with van der Waals surface area (Å²) < 4.78 is 0. The third-order valence-corrected chi connectivity index (χ3v) is 2.12. The molecule has 1 aromatic heterocycles. The van der Waals surface area contributed by atoms with Crippen LogP contribution in [0.2, 0.25) is 0 Å². The smallest absolute Gasteiger partial charge is 0.261 e. The van der Waals surface area contributed by atoms with Gasteiger partial charge in [0.2, 0.25) is 0 Å². The first-order valence-corrected chi connectivity index (χ1v) is 4.36. The van der Waals surface area contributed by atoms with Crippen LogP contribution < -0.4 is 11.2 Å². The van der Waals surface area contributed by atoms with Crippen LogP contribution in [-0.4, -0.2) is 19.1 Å². The highest BCUT2D eigenvalue weighted by atomic mass is 32.1. The van der Waals surface area contributed by atoms with E-state index in [0.717, 1.165) is 0 Å². The van der Waals surface area contributed by atoms with Gasteiger partial charge in [0, 0.05) is 6.54 Å². The molecule has 0 atom stereocenters. The molecule has 0 aliphatic rings. The number of amides is 1. The molecule has 0 aliphatic heterocycles. The molecule has 0 unspecified atom stereocenters. The van der Waals surface area contributed by atoms with Crippen molar-refractivity contribution < 1.29 is 9.63 Å². The number of thiophene rings is 1. The SMILES string of the molecule is NOCCNC(=O)c1cccs1. The highest BCUT2D eigenvalue weighted by Gasteiger charge is 2.03. The first-order chi connectivity index (χ1) is 5.84. The second kappa shape index (κ2) is 4.87. The quantitative estimate of drug-likeness (QED) is 0.527. The molecular formula is C7H10N2O2S. The Bertz CT molecular complexity index is 236. The van der Waals surface area contributed by atoms with Crippen molar-refractivity contribution in [3.8, 4) is 0 Å². The third kappa shape index (κ3) is 2.61. The number of hydrogen-bond donors (Lipinski definition) is 2. The van der Waals surface area contributed by atoms with Gasteiger partial charge in [0.25, 0.3) is 5.91 Å². The number of rotatable bonds is 4. The molecule has 0 saturated carbocycles. The molecule has 3 N–H and O–H groups in total. The predicted octanol–water partition coefficient (Wildman–Crippen LogP) is 0.368. The topological polar surface area (TPSA) is 64.3 Å². The van der Waals surface area contributed by atoms with Gasteiger partial charge < -0.3 is 10.2 Å². The lowest BCUT2D eigenvalue weighted by Crippen LogP contribution is -2.27. The predicted molar refractivity (Wildman–Crippen MR) is 46.8 cm³/mol. The number of carbonyl (C=O) groups excluding carboxylic acids is 1. The highest BCUT2D eigenvalue weighted by molar-refractivity contribution is 7.12. The van der Waals surface area contributed by atoms with Crippen molar-refractivity contribution >= 4 is 17.2 Å². The Kier molecular flexibility index (Phi) is 3.72. The monoisotopic (exact) mass is 186 g/mol. The van der Waals surface area contributed by atoms with Crippen molar-refractivity contribution in [1.82, 2.24) is 5.32 Å². The largest absolute Gasteiger partial charge is 0.349 e. The van der Waals surface area contributed by atoms with Gasteiger partial charge in [-0.3, -0.25) is 4.79 Å². The molecule has 0 aromatic carbocycles. The molecule has 0 radical (unpaired) electrons. The second-order valence-corrected chi connectivity index (χ2v) is 3.05. The summed E-state index contributed by atoms with van der Waals surface area (Å²) in [5.41, 5.74) is 0. The van der Waals surface area contributed by atoms with E-state index in [-0.39, 0.29) is 5.91 Å². The maximum Gasteiger partial charge on any atom is 0.261 e. The van der Waals surface area contributed by atoms with Gasteiger partial charge in [-0.1, -0.05) is 6.07 Å². The Morgan fingerprint density at radius 3 is 3.17 bits per heavy atom. The zero-order valence-corrected chi connectivity index (χ0v) is 7.26. The molecule has 0 saturated heterocycles. The van der Waals surface area contributed by atoms with Gasteiger partial charge in [-0.25, -0.2) is 5.90 Å². The molecular weight excluding hydrogens is 176 g/mol. The fraction of sp³-hybridized carbons (Fsp3) is 0.286. The standard InChI is InChI=1S/C7H10N2O2S/c8-11-4-3-9-7(10)6-2-1-5-12-6/h1-2,5H,3-4,8H2,(H,9,10). The minimum Gasteiger partial charge on any atom is -0.349 e. The maximum atomic E-state index is 11.2. The van der Waals surface area contributed by atoms with Crippen molar-refractivity contribution in [2.45, 2.75) is 0 Å². The van der Waals surface area contributed by atoms with Crippen LogP contribution in [0.15, 0.2) is 17.5 Å². The normalized spacial score (nSPS) is 9.75. The van der Waals surface area contributed by atoms with Crippen LogP contribution in [0.3, 0.4) is 0 Å². The van der Waals surface area contributed by atoms with Crippen molar-refractivity contribution in [2.75, 3.05) is 13.2 Å². The second-order valence-electron chi connectivity index (χ2n) is 2.10. The van der Waals surface area contributed by atoms with E-state index in [1.165, 1.54) is 11.3 Å². The van der Waals surface area contributed by atoms with E-state index in [1.807, 2.05) is 11.4 Å². The van der Waals surface area contributed by atoms with Gasteiger partial charge in [-0.05, 0) is 11.4 Å². The van der Waals surface area contributed by atoms with E-state index in [4.69, 9.17) is 5.90 Å². The molecule has 66 valence electrons. The molecule has 0 aliphatic carbocycles. The summed E-state index contributed by atoms with van der Waals surface area (Å²) >= 11 is 1.40. The summed E-state index contributed by atoms with van der Waals surface area (Å²) in [6.07, 6.45) is 0. The summed E-state index contributed by atoms with van der Waals surface area (Å²) in [5, 5.41) is 4.51. The zero-order valence-electron chi connectivity index (χ0n) is 6.45. The number of nitrogens with two attached hydrogens (primary N) is 1. The molecule has 1 amide bonds. The van der Waals surface area contributed by atoms with Crippen molar-refractivity contribution in [3.63, 3.8) is 0 Å². The number of hydrogen-bond acceptors (Lipinski definition) is 4. The minimum atomic E-state index is -0.0814. The van der Waals surface area contributed by atoms with Crippen molar-refractivity contribution in [3.05, 3.63) is 22.4 Å². The Balaban J connectivity index is 2.30. The fourth-order valence-corrected chi connectivity index (χ4v) is 1.36. The van der Waals surface area contributed by atoms with Gasteiger partial charge in [-0.15, -0.1) is 11.3 Å². The average molecular weight is 186 g/mol. The lowest BCUT2D eigenvalue weighted by atomic mass is 10.4. The Labute approximate surface area is 74.3 Å². The molecule has 12 heavy (non-hydrogen) atoms. The van der Waals surface area contributed by atoms with E-state index in [2.05, 4.69) is 10.2 Å². The van der Waals surface area contributed by atoms with Gasteiger partial charge in [-0.2, -0.15) is 0 Å². The van der Waals surface area contributed by atoms with Crippen LogP contribution in [0, 0.1) is 0 Å². The van der Waals surface area contributed by atoms with E-state index >= 15 is 0 Å². The summed E-state index contributed by atoms with van der Waals surface area (Å²) in [5.74, 6) is 4.70. The van der Waals surface area contributed by atoms with Crippen LogP contribution in [0.25, 0.3) is 0 Å². The molecule has 4 nitrogen and oxygen atoms in total. The number of carbonyl (C=O) groups is 1. The molecule has 0 spiro atoms. The van der Waals surface area contributed by atoms with Gasteiger partial charge in [0.15, 0.2) is 0 Å².